The third-order valence-corrected chi connectivity index (χ3v) is 6.86. The summed E-state index contributed by atoms with van der Waals surface area (Å²) >= 11 is 0. The van der Waals surface area contributed by atoms with Crippen molar-refractivity contribution < 1.29 is 27.0 Å². The molecule has 0 saturated carbocycles. The first-order chi connectivity index (χ1) is 15.2. The summed E-state index contributed by atoms with van der Waals surface area (Å²) in [4.78, 5) is 0. The van der Waals surface area contributed by atoms with Gasteiger partial charge in [-0.05, 0) is 36.2 Å². The van der Waals surface area contributed by atoms with Crippen molar-refractivity contribution in [1.82, 2.24) is 4.31 Å². The van der Waals surface area contributed by atoms with Gasteiger partial charge in [0.2, 0.25) is 10.0 Å². The van der Waals surface area contributed by atoms with Crippen LogP contribution in [0.5, 0.6) is 5.75 Å². The van der Waals surface area contributed by atoms with Crippen molar-refractivity contribution in [1.29, 1.82) is 0 Å². The number of nitrogens with zero attached hydrogens (tertiary/aromatic N) is 1. The van der Waals surface area contributed by atoms with Gasteiger partial charge in [-0.25, -0.2) is 17.2 Å². The van der Waals surface area contributed by atoms with Crippen LogP contribution in [0.4, 0.5) is 8.78 Å². The lowest BCUT2D eigenvalue weighted by atomic mass is 10.1. The molecule has 0 aliphatic carbocycles. The van der Waals surface area contributed by atoms with Crippen molar-refractivity contribution in [2.75, 3.05) is 12.9 Å². The molecule has 3 aromatic carbocycles. The Labute approximate surface area is 186 Å². The highest BCUT2D eigenvalue weighted by molar-refractivity contribution is 7.89. The van der Waals surface area contributed by atoms with Crippen LogP contribution in [0.25, 0.3) is 0 Å². The predicted octanol–water partition coefficient (Wildman–Crippen LogP) is 4.35. The van der Waals surface area contributed by atoms with Gasteiger partial charge >= 0.3 is 0 Å². The molecule has 0 unspecified atom stereocenters. The van der Waals surface area contributed by atoms with Gasteiger partial charge in [0.1, 0.15) is 17.4 Å². The molecule has 0 amide bonds. The standard InChI is InChI=1S/C24H25F2NO4S/c1-17-3-5-18(6-4-17)14-27(15-19-7-10-21(31-2)11-8-19)32(29,30)16-24(28)22-12-9-20(25)13-23(22)26/h3-13,24,28H,14-16H2,1-2H3/t24-/m1/s1. The Balaban J connectivity index is 1.87. The molecule has 8 heteroatoms. The first kappa shape index (κ1) is 23.8. The SMILES string of the molecule is COc1ccc(CN(Cc2ccc(C)cc2)S(=O)(=O)C[C@@H](O)c2ccc(F)cc2F)cc1. The van der Waals surface area contributed by atoms with Crippen LogP contribution in [0, 0.1) is 18.6 Å². The van der Waals surface area contributed by atoms with Gasteiger partial charge in [-0.2, -0.15) is 4.31 Å². The van der Waals surface area contributed by atoms with Gasteiger partial charge in [0.15, 0.2) is 0 Å². The van der Waals surface area contributed by atoms with Crippen LogP contribution in [-0.4, -0.2) is 30.7 Å². The van der Waals surface area contributed by atoms with Crippen LogP contribution in [0.15, 0.2) is 66.7 Å². The summed E-state index contributed by atoms with van der Waals surface area (Å²) in [6, 6.07) is 17.1. The quantitative estimate of drug-likeness (QED) is 0.515. The van der Waals surface area contributed by atoms with Crippen molar-refractivity contribution in [2.45, 2.75) is 26.1 Å². The van der Waals surface area contributed by atoms with E-state index < -0.39 is 33.5 Å². The van der Waals surface area contributed by atoms with Crippen molar-refractivity contribution in [2.24, 2.45) is 0 Å². The molecule has 3 rings (SSSR count). The van der Waals surface area contributed by atoms with E-state index in [4.69, 9.17) is 4.74 Å². The molecule has 32 heavy (non-hydrogen) atoms. The second-order valence-corrected chi connectivity index (χ2v) is 9.58. The number of hydrogen-bond donors (Lipinski definition) is 1. The van der Waals surface area contributed by atoms with E-state index in [1.54, 1.807) is 31.4 Å². The van der Waals surface area contributed by atoms with Crippen LogP contribution in [0.2, 0.25) is 0 Å². The Bertz CT molecular complexity index is 1150. The summed E-state index contributed by atoms with van der Waals surface area (Å²) in [6.07, 6.45) is -1.64. The maximum absolute atomic E-state index is 14.1. The Morgan fingerprint density at radius 2 is 1.50 bits per heavy atom. The minimum absolute atomic E-state index is 0.0544. The normalized spacial score (nSPS) is 12.7. The minimum Gasteiger partial charge on any atom is -0.497 e. The molecular weight excluding hydrogens is 436 g/mol. The third-order valence-electron chi connectivity index (χ3n) is 5.08. The van der Waals surface area contributed by atoms with E-state index in [1.165, 1.54) is 4.31 Å². The molecule has 0 radical (unpaired) electrons. The number of halogens is 2. The fraction of sp³-hybridized carbons (Fsp3) is 0.250. The molecule has 0 aliphatic rings. The molecule has 0 fully saturated rings. The van der Waals surface area contributed by atoms with Gasteiger partial charge in [-0.3, -0.25) is 0 Å². The summed E-state index contributed by atoms with van der Waals surface area (Å²) in [5.74, 6) is -1.89. The molecule has 170 valence electrons. The Morgan fingerprint density at radius 1 is 0.938 bits per heavy atom. The molecule has 0 heterocycles. The highest BCUT2D eigenvalue weighted by Gasteiger charge is 2.28. The van der Waals surface area contributed by atoms with Crippen LogP contribution >= 0.6 is 0 Å². The predicted molar refractivity (Wildman–Crippen MR) is 119 cm³/mol. The average Bonchev–Trinajstić information content (AvgIpc) is 2.74. The highest BCUT2D eigenvalue weighted by Crippen LogP contribution is 2.24. The first-order valence-corrected chi connectivity index (χ1v) is 11.6. The Hall–Kier alpha value is -2.81. The first-order valence-electron chi connectivity index (χ1n) is 9.97. The molecule has 5 nitrogen and oxygen atoms in total. The molecule has 0 aromatic heterocycles. The second kappa shape index (κ2) is 10.2. The van der Waals surface area contributed by atoms with Crippen LogP contribution < -0.4 is 4.74 Å². The van der Waals surface area contributed by atoms with Gasteiger partial charge in [0, 0.05) is 24.7 Å². The number of benzene rings is 3. The number of methoxy groups -OCH3 is 1. The number of hydrogen-bond acceptors (Lipinski definition) is 4. The lowest BCUT2D eigenvalue weighted by Crippen LogP contribution is -2.34. The molecule has 3 aromatic rings. The van der Waals surface area contributed by atoms with E-state index in [0.717, 1.165) is 28.8 Å². The molecule has 0 bridgehead atoms. The molecule has 0 spiro atoms. The summed E-state index contributed by atoms with van der Waals surface area (Å²) < 4.78 is 60.1. The average molecular weight is 462 g/mol. The zero-order chi connectivity index (χ0) is 23.3. The minimum atomic E-state index is -4.03. The monoisotopic (exact) mass is 461 g/mol. The van der Waals surface area contributed by atoms with E-state index in [9.17, 15) is 22.3 Å². The van der Waals surface area contributed by atoms with Gasteiger partial charge in [0.05, 0.1) is 19.0 Å². The molecule has 0 saturated heterocycles. The van der Waals surface area contributed by atoms with Crippen molar-refractivity contribution >= 4 is 10.0 Å². The van der Waals surface area contributed by atoms with Gasteiger partial charge in [-0.1, -0.05) is 48.0 Å². The van der Waals surface area contributed by atoms with Crippen LogP contribution in [0.3, 0.4) is 0 Å². The summed E-state index contributed by atoms with van der Waals surface area (Å²) in [7, 11) is -2.49. The lowest BCUT2D eigenvalue weighted by Gasteiger charge is -2.24. The maximum Gasteiger partial charge on any atom is 0.217 e. The number of aliphatic hydroxyl groups excluding tert-OH is 1. The Kier molecular flexibility index (Phi) is 7.60. The summed E-state index contributed by atoms with van der Waals surface area (Å²) in [6.45, 7) is 2.06. The lowest BCUT2D eigenvalue weighted by molar-refractivity contribution is 0.193. The summed E-state index contributed by atoms with van der Waals surface area (Å²) in [5.41, 5.74) is 2.27. The van der Waals surface area contributed by atoms with E-state index in [1.807, 2.05) is 31.2 Å². The molecular formula is C24H25F2NO4S. The van der Waals surface area contributed by atoms with Crippen LogP contribution in [0.1, 0.15) is 28.4 Å². The van der Waals surface area contributed by atoms with Gasteiger partial charge in [0.25, 0.3) is 0 Å². The smallest absolute Gasteiger partial charge is 0.217 e. The molecule has 1 N–H and O–H groups in total. The third kappa shape index (κ3) is 6.12. The zero-order valence-corrected chi connectivity index (χ0v) is 18.6. The molecule has 0 aliphatic heterocycles. The number of aliphatic hydroxyl groups is 1. The fourth-order valence-electron chi connectivity index (χ4n) is 3.25. The van der Waals surface area contributed by atoms with Crippen LogP contribution in [-0.2, 0) is 23.1 Å². The Morgan fingerprint density at radius 3 is 2.03 bits per heavy atom. The van der Waals surface area contributed by atoms with Crippen molar-refractivity contribution in [3.63, 3.8) is 0 Å². The fourth-order valence-corrected chi connectivity index (χ4v) is 4.73. The van der Waals surface area contributed by atoms with Crippen molar-refractivity contribution in [3.8, 4) is 5.75 Å². The van der Waals surface area contributed by atoms with Crippen molar-refractivity contribution in [3.05, 3.63) is 101 Å². The largest absolute Gasteiger partial charge is 0.497 e. The van der Waals surface area contributed by atoms with E-state index in [0.29, 0.717) is 11.8 Å². The maximum atomic E-state index is 14.1. The number of ether oxygens (including phenoxy) is 1. The van der Waals surface area contributed by atoms with E-state index in [-0.39, 0.29) is 18.7 Å². The number of aryl methyl sites for hydroxylation is 1. The molecule has 1 atom stereocenters. The van der Waals surface area contributed by atoms with E-state index >= 15 is 0 Å². The topological polar surface area (TPSA) is 66.8 Å². The van der Waals surface area contributed by atoms with E-state index in [2.05, 4.69) is 0 Å². The van der Waals surface area contributed by atoms with Gasteiger partial charge < -0.3 is 9.84 Å². The second-order valence-electron chi connectivity index (χ2n) is 7.56. The van der Waals surface area contributed by atoms with Gasteiger partial charge in [-0.15, -0.1) is 0 Å². The number of sulfonamides is 1. The zero-order valence-electron chi connectivity index (χ0n) is 17.8. The summed E-state index contributed by atoms with van der Waals surface area (Å²) in [5, 5.41) is 10.4. The number of rotatable bonds is 9. The highest BCUT2D eigenvalue weighted by atomic mass is 32.2.